The zero-order valence-electron chi connectivity index (χ0n) is 15.0. The molecule has 1 atom stereocenters. The molecule has 0 spiro atoms. The SMILES string of the molecule is Cc1ccc(/C=C/C(=O)O[C@@H](C)C(=O)Nc2ccc(C)cc2C)cc1. The Balaban J connectivity index is 1.91. The first-order valence-corrected chi connectivity index (χ1v) is 8.18. The molecule has 2 aromatic carbocycles. The highest BCUT2D eigenvalue weighted by molar-refractivity contribution is 5.97. The number of hydrogen-bond acceptors (Lipinski definition) is 3. The van der Waals surface area contributed by atoms with Crippen LogP contribution in [0.15, 0.2) is 48.5 Å². The number of amides is 1. The number of aryl methyl sites for hydroxylation is 3. The Kier molecular flexibility index (Phi) is 6.12. The minimum atomic E-state index is -0.879. The van der Waals surface area contributed by atoms with Gasteiger partial charge in [-0.3, -0.25) is 4.79 Å². The summed E-state index contributed by atoms with van der Waals surface area (Å²) in [6.45, 7) is 7.46. The fourth-order valence-electron chi connectivity index (χ4n) is 2.30. The third-order valence-corrected chi connectivity index (χ3v) is 3.79. The summed E-state index contributed by atoms with van der Waals surface area (Å²) >= 11 is 0. The topological polar surface area (TPSA) is 55.4 Å². The van der Waals surface area contributed by atoms with E-state index in [1.807, 2.05) is 63.2 Å². The highest BCUT2D eigenvalue weighted by Gasteiger charge is 2.17. The molecule has 0 aliphatic carbocycles. The maximum Gasteiger partial charge on any atom is 0.331 e. The van der Waals surface area contributed by atoms with Crippen LogP contribution >= 0.6 is 0 Å². The van der Waals surface area contributed by atoms with Gasteiger partial charge < -0.3 is 10.1 Å². The molecule has 0 aliphatic rings. The fourth-order valence-corrected chi connectivity index (χ4v) is 2.30. The largest absolute Gasteiger partial charge is 0.449 e. The number of carbonyl (C=O) groups excluding carboxylic acids is 2. The van der Waals surface area contributed by atoms with Crippen LogP contribution in [0.2, 0.25) is 0 Å². The van der Waals surface area contributed by atoms with Gasteiger partial charge in [-0.25, -0.2) is 4.79 Å². The van der Waals surface area contributed by atoms with Crippen molar-refractivity contribution >= 4 is 23.6 Å². The molecule has 1 amide bonds. The molecule has 0 fully saturated rings. The van der Waals surface area contributed by atoms with E-state index < -0.39 is 12.1 Å². The van der Waals surface area contributed by atoms with Gasteiger partial charge in [0.2, 0.25) is 0 Å². The molecule has 4 nitrogen and oxygen atoms in total. The summed E-state index contributed by atoms with van der Waals surface area (Å²) in [5.41, 5.74) is 4.85. The summed E-state index contributed by atoms with van der Waals surface area (Å²) in [6, 6.07) is 13.5. The molecule has 1 N–H and O–H groups in total. The van der Waals surface area contributed by atoms with E-state index in [-0.39, 0.29) is 5.91 Å². The van der Waals surface area contributed by atoms with Crippen LogP contribution in [-0.2, 0) is 14.3 Å². The average Bonchev–Trinajstić information content (AvgIpc) is 2.56. The van der Waals surface area contributed by atoms with Crippen molar-refractivity contribution in [1.29, 1.82) is 0 Å². The van der Waals surface area contributed by atoms with Crippen LogP contribution in [0.1, 0.15) is 29.2 Å². The van der Waals surface area contributed by atoms with Gasteiger partial charge in [-0.15, -0.1) is 0 Å². The fraction of sp³-hybridized carbons (Fsp3) is 0.238. The summed E-state index contributed by atoms with van der Waals surface area (Å²) in [5, 5.41) is 2.78. The van der Waals surface area contributed by atoms with E-state index in [0.717, 1.165) is 22.3 Å². The van der Waals surface area contributed by atoms with Crippen LogP contribution < -0.4 is 5.32 Å². The molecule has 0 bridgehead atoms. The van der Waals surface area contributed by atoms with E-state index in [2.05, 4.69) is 5.32 Å². The standard InChI is InChI=1S/C21H23NO3/c1-14-5-8-18(9-6-14)10-12-20(23)25-17(4)21(24)22-19-11-7-15(2)13-16(19)3/h5-13,17H,1-4H3,(H,22,24)/b12-10+/t17-/m0/s1. The maximum absolute atomic E-state index is 12.2. The molecule has 0 aromatic heterocycles. The van der Waals surface area contributed by atoms with Gasteiger partial charge in [0.1, 0.15) is 0 Å². The molecule has 0 aliphatic heterocycles. The van der Waals surface area contributed by atoms with Crippen LogP contribution in [0.5, 0.6) is 0 Å². The molecule has 2 aromatic rings. The minimum Gasteiger partial charge on any atom is -0.449 e. The van der Waals surface area contributed by atoms with Crippen LogP contribution in [0, 0.1) is 20.8 Å². The molecular weight excluding hydrogens is 314 g/mol. The Morgan fingerprint density at radius 1 is 1.00 bits per heavy atom. The van der Waals surface area contributed by atoms with Gasteiger partial charge in [0.25, 0.3) is 5.91 Å². The molecule has 0 radical (unpaired) electrons. The maximum atomic E-state index is 12.2. The van der Waals surface area contributed by atoms with Crippen molar-refractivity contribution in [1.82, 2.24) is 0 Å². The molecular formula is C21H23NO3. The average molecular weight is 337 g/mol. The predicted octanol–water partition coefficient (Wildman–Crippen LogP) is 4.20. The number of anilines is 1. The van der Waals surface area contributed by atoms with Crippen LogP contribution in [-0.4, -0.2) is 18.0 Å². The van der Waals surface area contributed by atoms with Gasteiger partial charge >= 0.3 is 5.97 Å². The first-order chi connectivity index (χ1) is 11.8. The Morgan fingerprint density at radius 3 is 2.28 bits per heavy atom. The number of ether oxygens (including phenoxy) is 1. The summed E-state index contributed by atoms with van der Waals surface area (Å²) in [6.07, 6.45) is 2.11. The van der Waals surface area contributed by atoms with Gasteiger partial charge in [0, 0.05) is 11.8 Å². The van der Waals surface area contributed by atoms with Crippen molar-refractivity contribution in [2.75, 3.05) is 5.32 Å². The van der Waals surface area contributed by atoms with Gasteiger partial charge in [-0.05, 0) is 51.0 Å². The number of rotatable bonds is 5. The lowest BCUT2D eigenvalue weighted by Gasteiger charge is -2.14. The summed E-state index contributed by atoms with van der Waals surface area (Å²) in [5.74, 6) is -0.909. The van der Waals surface area contributed by atoms with Crippen molar-refractivity contribution in [3.63, 3.8) is 0 Å². The second-order valence-corrected chi connectivity index (χ2v) is 6.13. The highest BCUT2D eigenvalue weighted by atomic mass is 16.5. The van der Waals surface area contributed by atoms with Crippen molar-refractivity contribution in [3.8, 4) is 0 Å². The first kappa shape index (κ1) is 18.5. The first-order valence-electron chi connectivity index (χ1n) is 8.18. The molecule has 0 heterocycles. The normalized spacial score (nSPS) is 12.0. The lowest BCUT2D eigenvalue weighted by molar-refractivity contribution is -0.148. The molecule has 0 saturated heterocycles. The van der Waals surface area contributed by atoms with E-state index in [1.54, 1.807) is 13.0 Å². The summed E-state index contributed by atoms with van der Waals surface area (Å²) in [4.78, 5) is 24.1. The summed E-state index contributed by atoms with van der Waals surface area (Å²) in [7, 11) is 0. The highest BCUT2D eigenvalue weighted by Crippen LogP contribution is 2.16. The van der Waals surface area contributed by atoms with E-state index in [4.69, 9.17) is 4.74 Å². The number of hydrogen-bond donors (Lipinski definition) is 1. The smallest absolute Gasteiger partial charge is 0.331 e. The monoisotopic (exact) mass is 337 g/mol. The second kappa shape index (κ2) is 8.29. The number of benzene rings is 2. The Labute approximate surface area is 148 Å². The van der Waals surface area contributed by atoms with Crippen molar-refractivity contribution in [2.45, 2.75) is 33.8 Å². The molecule has 2 rings (SSSR count). The zero-order valence-corrected chi connectivity index (χ0v) is 15.0. The Morgan fingerprint density at radius 2 is 1.64 bits per heavy atom. The van der Waals surface area contributed by atoms with Gasteiger partial charge in [0.05, 0.1) is 0 Å². The molecule has 4 heteroatoms. The lowest BCUT2D eigenvalue weighted by atomic mass is 10.1. The van der Waals surface area contributed by atoms with Crippen molar-refractivity contribution in [2.24, 2.45) is 0 Å². The molecule has 0 unspecified atom stereocenters. The van der Waals surface area contributed by atoms with E-state index >= 15 is 0 Å². The molecule has 130 valence electrons. The number of esters is 1. The van der Waals surface area contributed by atoms with Crippen LogP contribution in [0.4, 0.5) is 5.69 Å². The Hall–Kier alpha value is -2.88. The second-order valence-electron chi connectivity index (χ2n) is 6.13. The zero-order chi connectivity index (χ0) is 18.4. The van der Waals surface area contributed by atoms with Crippen molar-refractivity contribution < 1.29 is 14.3 Å². The van der Waals surface area contributed by atoms with Gasteiger partial charge in [0.15, 0.2) is 6.10 Å². The quantitative estimate of drug-likeness (QED) is 0.657. The number of carbonyl (C=O) groups is 2. The molecule has 25 heavy (non-hydrogen) atoms. The lowest BCUT2D eigenvalue weighted by Crippen LogP contribution is -2.29. The molecule has 0 saturated carbocycles. The van der Waals surface area contributed by atoms with Crippen LogP contribution in [0.25, 0.3) is 6.08 Å². The van der Waals surface area contributed by atoms with E-state index in [1.165, 1.54) is 6.08 Å². The van der Waals surface area contributed by atoms with Gasteiger partial charge in [-0.2, -0.15) is 0 Å². The number of nitrogens with one attached hydrogen (secondary N) is 1. The van der Waals surface area contributed by atoms with E-state index in [9.17, 15) is 9.59 Å². The minimum absolute atomic E-state index is 0.357. The third kappa shape index (κ3) is 5.60. The van der Waals surface area contributed by atoms with Gasteiger partial charge in [-0.1, -0.05) is 47.5 Å². The van der Waals surface area contributed by atoms with Crippen LogP contribution in [0.3, 0.4) is 0 Å². The predicted molar refractivity (Wildman–Crippen MR) is 100 cm³/mol. The summed E-state index contributed by atoms with van der Waals surface area (Å²) < 4.78 is 5.16. The third-order valence-electron chi connectivity index (χ3n) is 3.79. The van der Waals surface area contributed by atoms with Crippen molar-refractivity contribution in [3.05, 3.63) is 70.8 Å². The Bertz CT molecular complexity index is 791. The van der Waals surface area contributed by atoms with E-state index in [0.29, 0.717) is 5.69 Å².